The first-order valence-electron chi connectivity index (χ1n) is 6.78. The summed E-state index contributed by atoms with van der Waals surface area (Å²) in [5.74, 6) is -0.0415. The molecule has 0 heterocycles. The van der Waals surface area contributed by atoms with Crippen molar-refractivity contribution in [1.82, 2.24) is 0 Å². The molecule has 0 aliphatic rings. The Morgan fingerprint density at radius 1 is 1.15 bits per heavy atom. The molecule has 0 fully saturated rings. The lowest BCUT2D eigenvalue weighted by Crippen LogP contribution is -2.38. The predicted molar refractivity (Wildman–Crippen MR) is 80.6 cm³/mol. The van der Waals surface area contributed by atoms with Crippen molar-refractivity contribution in [2.45, 2.75) is 37.9 Å². The zero-order valence-corrected chi connectivity index (χ0v) is 13.2. The van der Waals surface area contributed by atoms with E-state index < -0.39 is 20.5 Å². The molecule has 0 unspecified atom stereocenters. The molecule has 0 radical (unpaired) electrons. The molecule has 0 aromatic heterocycles. The summed E-state index contributed by atoms with van der Waals surface area (Å²) in [7, 11) is -3.19. The SMILES string of the molecule is Cc1ccccc1C(CO)(CO)CCS(=O)(=O)C(C)C. The smallest absolute Gasteiger partial charge is 0.152 e. The first-order valence-corrected chi connectivity index (χ1v) is 8.50. The monoisotopic (exact) mass is 300 g/mol. The summed E-state index contributed by atoms with van der Waals surface area (Å²) in [6.45, 7) is 4.63. The van der Waals surface area contributed by atoms with E-state index >= 15 is 0 Å². The lowest BCUT2D eigenvalue weighted by Gasteiger charge is -2.32. The molecule has 1 aromatic carbocycles. The van der Waals surface area contributed by atoms with Gasteiger partial charge < -0.3 is 10.2 Å². The Hall–Kier alpha value is -0.910. The third-order valence-corrected chi connectivity index (χ3v) is 6.11. The van der Waals surface area contributed by atoms with Crippen molar-refractivity contribution in [3.63, 3.8) is 0 Å². The van der Waals surface area contributed by atoms with Crippen LogP contribution in [-0.4, -0.2) is 42.8 Å². The Balaban J connectivity index is 3.09. The maximum Gasteiger partial charge on any atom is 0.152 e. The van der Waals surface area contributed by atoms with Gasteiger partial charge in [0.25, 0.3) is 0 Å². The van der Waals surface area contributed by atoms with Gasteiger partial charge in [-0.3, -0.25) is 0 Å². The number of hydrogen-bond donors (Lipinski definition) is 2. The molecule has 0 aliphatic carbocycles. The van der Waals surface area contributed by atoms with Crippen LogP contribution >= 0.6 is 0 Å². The average molecular weight is 300 g/mol. The summed E-state index contributed by atoms with van der Waals surface area (Å²) in [5.41, 5.74) is 0.842. The second kappa shape index (κ2) is 6.70. The maximum absolute atomic E-state index is 12.0. The highest BCUT2D eigenvalue weighted by atomic mass is 32.2. The molecule has 1 rings (SSSR count). The van der Waals surface area contributed by atoms with Crippen molar-refractivity contribution >= 4 is 9.84 Å². The molecule has 20 heavy (non-hydrogen) atoms. The van der Waals surface area contributed by atoms with E-state index in [1.807, 2.05) is 31.2 Å². The second-order valence-electron chi connectivity index (χ2n) is 5.58. The molecule has 0 amide bonds. The summed E-state index contributed by atoms with van der Waals surface area (Å²) >= 11 is 0. The molecule has 5 heteroatoms. The quantitative estimate of drug-likeness (QED) is 0.799. The van der Waals surface area contributed by atoms with Crippen molar-refractivity contribution in [2.75, 3.05) is 19.0 Å². The van der Waals surface area contributed by atoms with Gasteiger partial charge in [-0.1, -0.05) is 24.3 Å². The van der Waals surface area contributed by atoms with Crippen LogP contribution in [0.1, 0.15) is 31.4 Å². The van der Waals surface area contributed by atoms with Gasteiger partial charge in [0.05, 0.1) is 24.2 Å². The number of benzene rings is 1. The predicted octanol–water partition coefficient (Wildman–Crippen LogP) is 1.43. The van der Waals surface area contributed by atoms with Crippen molar-refractivity contribution in [3.05, 3.63) is 35.4 Å². The van der Waals surface area contributed by atoms with Crippen LogP contribution < -0.4 is 0 Å². The normalized spacial score (nSPS) is 12.9. The lowest BCUT2D eigenvalue weighted by atomic mass is 9.77. The standard InChI is InChI=1S/C15H24O4S/c1-12(2)20(18,19)9-8-15(10-16,11-17)14-7-5-4-6-13(14)3/h4-7,12,16-17H,8-11H2,1-3H3. The fourth-order valence-corrected chi connectivity index (χ4v) is 3.40. The highest BCUT2D eigenvalue weighted by Crippen LogP contribution is 2.30. The zero-order chi connectivity index (χ0) is 15.4. The van der Waals surface area contributed by atoms with Crippen molar-refractivity contribution in [2.24, 2.45) is 0 Å². The molecule has 0 spiro atoms. The van der Waals surface area contributed by atoms with Crippen LogP contribution in [0, 0.1) is 6.92 Å². The summed E-state index contributed by atoms with van der Waals surface area (Å²) in [6, 6.07) is 7.44. The first kappa shape index (κ1) is 17.1. The van der Waals surface area contributed by atoms with Crippen LogP contribution in [0.2, 0.25) is 0 Å². The first-order chi connectivity index (χ1) is 9.29. The Labute approximate surface area is 121 Å². The van der Waals surface area contributed by atoms with E-state index in [0.29, 0.717) is 0 Å². The highest BCUT2D eigenvalue weighted by Gasteiger charge is 2.34. The van der Waals surface area contributed by atoms with E-state index in [1.54, 1.807) is 13.8 Å². The van der Waals surface area contributed by atoms with E-state index in [9.17, 15) is 18.6 Å². The van der Waals surface area contributed by atoms with Gasteiger partial charge in [0, 0.05) is 5.41 Å². The van der Waals surface area contributed by atoms with Crippen molar-refractivity contribution in [3.8, 4) is 0 Å². The number of rotatable bonds is 7. The molecule has 0 bridgehead atoms. The van der Waals surface area contributed by atoms with Gasteiger partial charge in [0.2, 0.25) is 0 Å². The third-order valence-electron chi connectivity index (χ3n) is 3.91. The Morgan fingerprint density at radius 3 is 2.15 bits per heavy atom. The minimum absolute atomic E-state index is 0.0415. The summed E-state index contributed by atoms with van der Waals surface area (Å²) < 4.78 is 23.9. The summed E-state index contributed by atoms with van der Waals surface area (Å²) in [4.78, 5) is 0. The molecular weight excluding hydrogens is 276 g/mol. The highest BCUT2D eigenvalue weighted by molar-refractivity contribution is 7.91. The minimum Gasteiger partial charge on any atom is -0.395 e. The minimum atomic E-state index is -3.19. The third kappa shape index (κ3) is 3.59. The van der Waals surface area contributed by atoms with E-state index in [-0.39, 0.29) is 25.4 Å². The topological polar surface area (TPSA) is 74.6 Å². The van der Waals surface area contributed by atoms with Crippen LogP contribution in [0.5, 0.6) is 0 Å². The fraction of sp³-hybridized carbons (Fsp3) is 0.600. The Bertz CT molecular complexity index is 531. The lowest BCUT2D eigenvalue weighted by molar-refractivity contribution is 0.113. The van der Waals surface area contributed by atoms with E-state index in [4.69, 9.17) is 0 Å². The molecule has 0 saturated carbocycles. The van der Waals surface area contributed by atoms with Gasteiger partial charge in [0.1, 0.15) is 0 Å². The molecular formula is C15H24O4S. The number of aliphatic hydroxyl groups excluding tert-OH is 2. The van der Waals surface area contributed by atoms with Gasteiger partial charge in [-0.25, -0.2) is 8.42 Å². The van der Waals surface area contributed by atoms with Crippen LogP contribution in [-0.2, 0) is 15.3 Å². The van der Waals surface area contributed by atoms with Gasteiger partial charge >= 0.3 is 0 Å². The molecule has 0 atom stereocenters. The second-order valence-corrected chi connectivity index (χ2v) is 8.25. The van der Waals surface area contributed by atoms with Crippen LogP contribution in [0.15, 0.2) is 24.3 Å². The zero-order valence-electron chi connectivity index (χ0n) is 12.3. The van der Waals surface area contributed by atoms with Gasteiger partial charge in [-0.2, -0.15) is 0 Å². The average Bonchev–Trinajstić information content (AvgIpc) is 2.42. The van der Waals surface area contributed by atoms with Crippen LogP contribution in [0.25, 0.3) is 0 Å². The van der Waals surface area contributed by atoms with Crippen LogP contribution in [0.4, 0.5) is 0 Å². The van der Waals surface area contributed by atoms with Gasteiger partial charge in [0.15, 0.2) is 9.84 Å². The number of hydrogen-bond acceptors (Lipinski definition) is 4. The fourth-order valence-electron chi connectivity index (χ4n) is 2.25. The summed E-state index contributed by atoms with van der Waals surface area (Å²) in [6.07, 6.45) is 0.214. The number of sulfone groups is 1. The van der Waals surface area contributed by atoms with E-state index in [1.165, 1.54) is 0 Å². The molecule has 114 valence electrons. The summed E-state index contributed by atoms with van der Waals surface area (Å²) in [5, 5.41) is 19.0. The van der Waals surface area contributed by atoms with Crippen molar-refractivity contribution in [1.29, 1.82) is 0 Å². The van der Waals surface area contributed by atoms with E-state index in [0.717, 1.165) is 11.1 Å². The number of aliphatic hydroxyl groups is 2. The van der Waals surface area contributed by atoms with Crippen molar-refractivity contribution < 1.29 is 18.6 Å². The molecule has 0 saturated heterocycles. The van der Waals surface area contributed by atoms with Gasteiger partial charge in [-0.05, 0) is 38.3 Å². The Kier molecular flexibility index (Phi) is 5.74. The maximum atomic E-state index is 12.0. The van der Waals surface area contributed by atoms with Crippen LogP contribution in [0.3, 0.4) is 0 Å². The largest absolute Gasteiger partial charge is 0.395 e. The Morgan fingerprint density at radius 2 is 1.70 bits per heavy atom. The molecule has 0 aliphatic heterocycles. The van der Waals surface area contributed by atoms with E-state index in [2.05, 4.69) is 0 Å². The molecule has 2 N–H and O–H groups in total. The molecule has 1 aromatic rings. The molecule has 4 nitrogen and oxygen atoms in total. The van der Waals surface area contributed by atoms with Gasteiger partial charge in [-0.15, -0.1) is 0 Å². The number of aryl methyl sites for hydroxylation is 1.